The molecule has 14 heavy (non-hydrogen) atoms. The van der Waals surface area contributed by atoms with Crippen molar-refractivity contribution in [3.63, 3.8) is 0 Å². The zero-order valence-electron chi connectivity index (χ0n) is 7.90. The summed E-state index contributed by atoms with van der Waals surface area (Å²) in [6.07, 6.45) is 0. The van der Waals surface area contributed by atoms with E-state index in [-0.39, 0.29) is 11.6 Å². The lowest BCUT2D eigenvalue weighted by molar-refractivity contribution is -0.385. The monoisotopic (exact) mass is 194 g/mol. The van der Waals surface area contributed by atoms with E-state index in [9.17, 15) is 10.1 Å². The number of hydrogen-bond acceptors (Lipinski definition) is 4. The molecule has 1 N–H and O–H groups in total. The van der Waals surface area contributed by atoms with Gasteiger partial charge in [0.1, 0.15) is 0 Å². The fraction of sp³-hybridized carbons (Fsp3) is 0.222. The van der Waals surface area contributed by atoms with Crippen LogP contribution < -0.4 is 0 Å². The number of rotatable bonds is 2. The average molecular weight is 194 g/mol. The average Bonchev–Trinajstić information content (AvgIpc) is 2.17. The van der Waals surface area contributed by atoms with Gasteiger partial charge in [0, 0.05) is 17.2 Å². The van der Waals surface area contributed by atoms with Gasteiger partial charge in [-0.05, 0) is 13.0 Å². The maximum absolute atomic E-state index is 10.6. The van der Waals surface area contributed by atoms with Gasteiger partial charge in [-0.15, -0.1) is 0 Å². The number of nitrogens with one attached hydrogen (secondary N) is 1. The minimum absolute atomic E-state index is 0.00398. The molecule has 1 aromatic rings. The zero-order valence-corrected chi connectivity index (χ0v) is 7.90. The highest BCUT2D eigenvalue weighted by atomic mass is 16.6. The minimum Gasteiger partial charge on any atom is -0.481 e. The first-order valence-electron chi connectivity index (χ1n) is 3.94. The molecule has 0 saturated heterocycles. The van der Waals surface area contributed by atoms with E-state index in [1.165, 1.54) is 13.2 Å². The number of nitrogens with zero attached hydrogens (tertiary/aromatic N) is 1. The van der Waals surface area contributed by atoms with E-state index in [4.69, 9.17) is 5.41 Å². The maximum atomic E-state index is 10.6. The lowest BCUT2D eigenvalue weighted by Gasteiger charge is -2.03. The molecule has 0 aliphatic carbocycles. The van der Waals surface area contributed by atoms with Crippen molar-refractivity contribution in [2.75, 3.05) is 7.11 Å². The summed E-state index contributed by atoms with van der Waals surface area (Å²) in [4.78, 5) is 10.1. The molecule has 0 saturated carbocycles. The third kappa shape index (κ3) is 1.87. The van der Waals surface area contributed by atoms with Crippen molar-refractivity contribution in [3.05, 3.63) is 39.4 Å². The van der Waals surface area contributed by atoms with Crippen molar-refractivity contribution in [3.8, 4) is 0 Å². The number of methoxy groups -OCH3 is 1. The summed E-state index contributed by atoms with van der Waals surface area (Å²) in [7, 11) is 1.36. The molecule has 0 heterocycles. The van der Waals surface area contributed by atoms with Crippen LogP contribution in [0.1, 0.15) is 11.1 Å². The van der Waals surface area contributed by atoms with Crippen LogP contribution in [0.2, 0.25) is 0 Å². The Hall–Kier alpha value is -1.91. The van der Waals surface area contributed by atoms with Gasteiger partial charge in [-0.2, -0.15) is 0 Å². The summed E-state index contributed by atoms with van der Waals surface area (Å²) >= 11 is 0. The second-order valence-electron chi connectivity index (χ2n) is 2.79. The quantitative estimate of drug-likeness (QED) is 0.338. The van der Waals surface area contributed by atoms with Crippen LogP contribution in [0.4, 0.5) is 5.69 Å². The van der Waals surface area contributed by atoms with E-state index in [2.05, 4.69) is 4.74 Å². The number of hydrogen-bond donors (Lipinski definition) is 1. The molecule has 0 bridgehead atoms. The number of nitro benzene ring substituents is 1. The summed E-state index contributed by atoms with van der Waals surface area (Å²) in [5, 5.41) is 17.9. The molecule has 0 fully saturated rings. The van der Waals surface area contributed by atoms with Gasteiger partial charge in [-0.25, -0.2) is 0 Å². The van der Waals surface area contributed by atoms with Gasteiger partial charge in [-0.1, -0.05) is 6.07 Å². The summed E-state index contributed by atoms with van der Waals surface area (Å²) in [6.45, 7) is 1.65. The van der Waals surface area contributed by atoms with Crippen molar-refractivity contribution in [1.82, 2.24) is 0 Å². The summed E-state index contributed by atoms with van der Waals surface area (Å²) in [5.41, 5.74) is 0.983. The fourth-order valence-corrected chi connectivity index (χ4v) is 1.07. The van der Waals surface area contributed by atoms with E-state index >= 15 is 0 Å². The van der Waals surface area contributed by atoms with Crippen LogP contribution in [0.5, 0.6) is 0 Å². The molecule has 0 unspecified atom stereocenters. The predicted octanol–water partition coefficient (Wildman–Crippen LogP) is 1.87. The van der Waals surface area contributed by atoms with Gasteiger partial charge < -0.3 is 4.74 Å². The molecule has 1 aromatic carbocycles. The van der Waals surface area contributed by atoms with Gasteiger partial charge in [0.25, 0.3) is 5.69 Å². The van der Waals surface area contributed by atoms with Gasteiger partial charge in [0.05, 0.1) is 12.0 Å². The Morgan fingerprint density at radius 2 is 2.21 bits per heavy atom. The number of aryl methyl sites for hydroxylation is 1. The van der Waals surface area contributed by atoms with E-state index in [0.29, 0.717) is 11.1 Å². The highest BCUT2D eigenvalue weighted by molar-refractivity contribution is 5.92. The van der Waals surface area contributed by atoms with E-state index in [1.807, 2.05) is 0 Å². The van der Waals surface area contributed by atoms with Crippen molar-refractivity contribution < 1.29 is 9.66 Å². The second-order valence-corrected chi connectivity index (χ2v) is 2.79. The van der Waals surface area contributed by atoms with Gasteiger partial charge in [0.2, 0.25) is 5.90 Å². The van der Waals surface area contributed by atoms with Gasteiger partial charge >= 0.3 is 0 Å². The standard InChI is InChI=1S/C9H10N2O3/c1-6-3-4-7(9(10)14-2)5-8(6)11(12)13/h3-5,10H,1-2H3. The Balaban J connectivity index is 3.19. The summed E-state index contributed by atoms with van der Waals surface area (Å²) < 4.78 is 4.67. The van der Waals surface area contributed by atoms with Crippen molar-refractivity contribution >= 4 is 11.6 Å². The number of ether oxygens (including phenoxy) is 1. The van der Waals surface area contributed by atoms with Crippen LogP contribution in [0.25, 0.3) is 0 Å². The highest BCUT2D eigenvalue weighted by Crippen LogP contribution is 2.19. The summed E-state index contributed by atoms with van der Waals surface area (Å²) in [5.74, 6) is -0.0758. The molecular formula is C9H10N2O3. The molecule has 5 heteroatoms. The molecular weight excluding hydrogens is 184 g/mol. The Morgan fingerprint density at radius 1 is 1.57 bits per heavy atom. The lowest BCUT2D eigenvalue weighted by Crippen LogP contribution is -2.02. The Morgan fingerprint density at radius 3 is 2.71 bits per heavy atom. The molecule has 0 radical (unpaired) electrons. The normalized spacial score (nSPS) is 9.57. The van der Waals surface area contributed by atoms with Crippen LogP contribution >= 0.6 is 0 Å². The smallest absolute Gasteiger partial charge is 0.273 e. The van der Waals surface area contributed by atoms with Gasteiger partial charge in [-0.3, -0.25) is 15.5 Å². The molecule has 0 spiro atoms. The van der Waals surface area contributed by atoms with Crippen LogP contribution in [0.3, 0.4) is 0 Å². The maximum Gasteiger partial charge on any atom is 0.273 e. The van der Waals surface area contributed by atoms with E-state index < -0.39 is 4.92 Å². The van der Waals surface area contributed by atoms with Crippen LogP contribution in [0, 0.1) is 22.4 Å². The zero-order chi connectivity index (χ0) is 10.7. The van der Waals surface area contributed by atoms with E-state index in [0.717, 1.165) is 0 Å². The third-order valence-corrected chi connectivity index (χ3v) is 1.87. The molecule has 0 aromatic heterocycles. The van der Waals surface area contributed by atoms with Crippen LogP contribution in [0.15, 0.2) is 18.2 Å². The first-order chi connectivity index (χ1) is 6.56. The predicted molar refractivity (Wildman–Crippen MR) is 51.7 cm³/mol. The first-order valence-corrected chi connectivity index (χ1v) is 3.94. The Kier molecular flexibility index (Phi) is 2.81. The molecule has 0 aliphatic heterocycles. The minimum atomic E-state index is -0.470. The van der Waals surface area contributed by atoms with Crippen molar-refractivity contribution in [2.24, 2.45) is 0 Å². The second kappa shape index (κ2) is 3.87. The first kappa shape index (κ1) is 10.2. The largest absolute Gasteiger partial charge is 0.481 e. The van der Waals surface area contributed by atoms with Crippen LogP contribution in [-0.4, -0.2) is 17.9 Å². The van der Waals surface area contributed by atoms with E-state index in [1.54, 1.807) is 19.1 Å². The molecule has 1 rings (SSSR count). The number of nitro groups is 1. The topological polar surface area (TPSA) is 76.2 Å². The SMILES string of the molecule is COC(=N)c1ccc(C)c([N+](=O)[O-])c1. The number of benzene rings is 1. The van der Waals surface area contributed by atoms with Crippen LogP contribution in [-0.2, 0) is 4.74 Å². The summed E-state index contributed by atoms with van der Waals surface area (Å²) in [6, 6.07) is 4.55. The molecule has 5 nitrogen and oxygen atoms in total. The Bertz CT molecular complexity index is 388. The molecule has 0 aliphatic rings. The fourth-order valence-electron chi connectivity index (χ4n) is 1.07. The van der Waals surface area contributed by atoms with Crippen molar-refractivity contribution in [1.29, 1.82) is 5.41 Å². The molecule has 74 valence electrons. The molecule has 0 atom stereocenters. The lowest BCUT2D eigenvalue weighted by atomic mass is 10.1. The van der Waals surface area contributed by atoms with Crippen molar-refractivity contribution in [2.45, 2.75) is 6.92 Å². The highest BCUT2D eigenvalue weighted by Gasteiger charge is 2.12. The van der Waals surface area contributed by atoms with Gasteiger partial charge in [0.15, 0.2) is 0 Å². The Labute approximate surface area is 81.0 Å². The molecule has 0 amide bonds. The third-order valence-electron chi connectivity index (χ3n) is 1.87.